The molecule has 0 radical (unpaired) electrons. The van der Waals surface area contributed by atoms with Crippen molar-refractivity contribution in [2.45, 2.75) is 61.0 Å². The molecule has 9 nitrogen and oxygen atoms in total. The quantitative estimate of drug-likeness (QED) is 0.640. The minimum absolute atomic E-state index is 0.0301. The summed E-state index contributed by atoms with van der Waals surface area (Å²) in [6.45, 7) is -1.08. The molecule has 2 saturated carbocycles. The molecule has 1 aromatic heterocycles. The van der Waals surface area contributed by atoms with Gasteiger partial charge in [-0.3, -0.25) is 9.69 Å². The number of fused-ring (bicyclic) bond motifs is 2. The molecule has 164 valence electrons. The van der Waals surface area contributed by atoms with Crippen LogP contribution in [-0.4, -0.2) is 48.0 Å². The summed E-state index contributed by atoms with van der Waals surface area (Å²) in [5, 5.41) is 13.9. The van der Waals surface area contributed by atoms with Crippen LogP contribution in [0.3, 0.4) is 0 Å². The molecule has 1 aromatic carbocycles. The number of anilines is 3. The first-order valence-corrected chi connectivity index (χ1v) is 11.7. The highest BCUT2D eigenvalue weighted by atomic mass is 32.2. The Morgan fingerprint density at radius 2 is 2.00 bits per heavy atom. The Morgan fingerprint density at radius 1 is 1.26 bits per heavy atom. The van der Waals surface area contributed by atoms with Gasteiger partial charge in [0.1, 0.15) is 5.82 Å². The van der Waals surface area contributed by atoms with Crippen molar-refractivity contribution in [1.82, 2.24) is 14.7 Å². The molecule has 2 atom stereocenters. The number of sulfonamides is 1. The molecule has 2 unspecified atom stereocenters. The van der Waals surface area contributed by atoms with Crippen molar-refractivity contribution in [2.75, 3.05) is 17.2 Å². The number of amides is 1. The van der Waals surface area contributed by atoms with Crippen molar-refractivity contribution < 1.29 is 22.4 Å². The van der Waals surface area contributed by atoms with Crippen molar-refractivity contribution >= 4 is 33.4 Å². The van der Waals surface area contributed by atoms with E-state index in [1.807, 2.05) is 0 Å². The highest BCUT2D eigenvalue weighted by Crippen LogP contribution is 2.58. The van der Waals surface area contributed by atoms with Gasteiger partial charge in [-0.1, -0.05) is 0 Å². The summed E-state index contributed by atoms with van der Waals surface area (Å²) in [6.07, 6.45) is 5.26. The van der Waals surface area contributed by atoms with Crippen LogP contribution < -0.4 is 14.9 Å². The average molecular weight is 447 g/mol. The van der Waals surface area contributed by atoms with Crippen LogP contribution >= 0.6 is 0 Å². The average Bonchev–Trinajstić information content (AvgIpc) is 3.41. The number of hydrogen-bond donors (Lipinski definition) is 3. The predicted molar refractivity (Wildman–Crippen MR) is 115 cm³/mol. The third-order valence-electron chi connectivity index (χ3n) is 6.64. The Morgan fingerprint density at radius 3 is 2.61 bits per heavy atom. The van der Waals surface area contributed by atoms with Gasteiger partial charge < -0.3 is 10.4 Å². The summed E-state index contributed by atoms with van der Waals surface area (Å²) >= 11 is 0. The number of aliphatic hydroxyl groups is 1. The van der Waals surface area contributed by atoms with E-state index in [9.17, 15) is 18.3 Å². The van der Waals surface area contributed by atoms with Crippen LogP contribution in [0.4, 0.5) is 17.5 Å². The normalized spacial score (nSPS) is 28.2. The standard InChI is InChI=1S/C21H25N5O4S/c1-20(28)9-3-4-16(20)26-17-15(21(10-11-21)18(26)27)12-23-19(25-17)24-13-5-7-14(8-6-13)31(29,30)22-2/h5-8,12,16,22,28H,3-4,9-11H2,1-2H3,(H,23,24,25)/i2D3. The number of nitrogens with zero attached hydrogens (tertiary/aromatic N) is 3. The molecule has 1 amide bonds. The maximum atomic E-state index is 13.3. The number of rotatable bonds is 5. The molecule has 2 aliphatic carbocycles. The Kier molecular flexibility index (Phi) is 3.69. The zero-order chi connectivity index (χ0) is 24.5. The van der Waals surface area contributed by atoms with Crippen LogP contribution in [-0.2, 0) is 20.2 Å². The van der Waals surface area contributed by atoms with E-state index in [1.165, 1.54) is 24.3 Å². The van der Waals surface area contributed by atoms with Gasteiger partial charge in [-0.15, -0.1) is 0 Å². The van der Waals surface area contributed by atoms with Gasteiger partial charge in [-0.2, -0.15) is 4.98 Å². The van der Waals surface area contributed by atoms with Gasteiger partial charge in [0.25, 0.3) is 0 Å². The highest BCUT2D eigenvalue weighted by molar-refractivity contribution is 7.89. The topological polar surface area (TPSA) is 125 Å². The van der Waals surface area contributed by atoms with Crippen LogP contribution in [0, 0.1) is 0 Å². The molecule has 3 N–H and O–H groups in total. The second-order valence-electron chi connectivity index (χ2n) is 8.71. The zero-order valence-electron chi connectivity index (χ0n) is 19.9. The Labute approximate surface area is 185 Å². The zero-order valence-corrected chi connectivity index (χ0v) is 17.7. The number of carbonyl (C=O) groups is 1. The molecule has 1 aliphatic heterocycles. The lowest BCUT2D eigenvalue weighted by atomic mass is 9.98. The SMILES string of the molecule is [2H]C([2H])([2H])NS(=O)(=O)c1ccc(Nc2ncc3c(n2)N(C2CCCC2(C)O)C(=O)C32CC2)cc1. The van der Waals surface area contributed by atoms with Crippen LogP contribution in [0.2, 0.25) is 0 Å². The second-order valence-corrected chi connectivity index (χ2v) is 10.4. The minimum Gasteiger partial charge on any atom is -0.388 e. The molecule has 2 aromatic rings. The van der Waals surface area contributed by atoms with Crippen molar-refractivity contribution in [1.29, 1.82) is 0 Å². The second kappa shape index (κ2) is 6.72. The summed E-state index contributed by atoms with van der Waals surface area (Å²) in [4.78, 5) is 23.8. The Hall–Kier alpha value is -2.56. The van der Waals surface area contributed by atoms with Crippen molar-refractivity contribution in [3.63, 3.8) is 0 Å². The van der Waals surface area contributed by atoms with Crippen LogP contribution in [0.15, 0.2) is 35.4 Å². The third-order valence-corrected chi connectivity index (χ3v) is 7.80. The highest BCUT2D eigenvalue weighted by Gasteiger charge is 2.63. The van der Waals surface area contributed by atoms with Crippen molar-refractivity contribution in [3.8, 4) is 0 Å². The van der Waals surface area contributed by atoms with Crippen molar-refractivity contribution in [2.24, 2.45) is 0 Å². The van der Waals surface area contributed by atoms with E-state index < -0.39 is 28.0 Å². The van der Waals surface area contributed by atoms with E-state index in [0.717, 1.165) is 24.8 Å². The molecule has 1 spiro atoms. The van der Waals surface area contributed by atoms with Gasteiger partial charge in [0.05, 0.1) is 22.0 Å². The van der Waals surface area contributed by atoms with Gasteiger partial charge in [-0.05, 0) is 70.3 Å². The lowest BCUT2D eigenvalue weighted by Crippen LogP contribution is -2.50. The first-order valence-electron chi connectivity index (χ1n) is 11.7. The van der Waals surface area contributed by atoms with Gasteiger partial charge >= 0.3 is 0 Å². The maximum Gasteiger partial charge on any atom is 0.240 e. The summed E-state index contributed by atoms with van der Waals surface area (Å²) in [5.74, 6) is 0.703. The van der Waals surface area contributed by atoms with E-state index in [1.54, 1.807) is 22.7 Å². The monoisotopic (exact) mass is 446 g/mol. The van der Waals surface area contributed by atoms with E-state index in [2.05, 4.69) is 15.3 Å². The van der Waals surface area contributed by atoms with Gasteiger partial charge in [0.2, 0.25) is 21.9 Å². The number of carbonyl (C=O) groups excluding carboxylic acids is 1. The first-order chi connectivity index (χ1) is 15.8. The van der Waals surface area contributed by atoms with Crippen LogP contribution in [0.5, 0.6) is 0 Å². The number of benzene rings is 1. The summed E-state index contributed by atoms with van der Waals surface area (Å²) in [5.41, 5.74) is -0.311. The third kappa shape index (κ3) is 3.12. The lowest BCUT2D eigenvalue weighted by Gasteiger charge is -2.33. The summed E-state index contributed by atoms with van der Waals surface area (Å²) < 4.78 is 47.3. The molecule has 2 heterocycles. The predicted octanol–water partition coefficient (Wildman–Crippen LogP) is 1.81. The molecule has 5 rings (SSSR count). The fourth-order valence-electron chi connectivity index (χ4n) is 4.74. The van der Waals surface area contributed by atoms with Crippen LogP contribution in [0.25, 0.3) is 0 Å². The molecule has 0 bridgehead atoms. The largest absolute Gasteiger partial charge is 0.388 e. The molecule has 0 saturated heterocycles. The minimum atomic E-state index is -4.20. The molecular formula is C21H25N5O4S. The Bertz CT molecular complexity index is 1260. The van der Waals surface area contributed by atoms with Gasteiger partial charge in [0, 0.05) is 21.6 Å². The molecule has 2 fully saturated rings. The molecular weight excluding hydrogens is 418 g/mol. The maximum absolute atomic E-state index is 13.3. The fourth-order valence-corrected chi connectivity index (χ4v) is 5.35. The summed E-state index contributed by atoms with van der Waals surface area (Å²) in [7, 11) is -4.20. The van der Waals surface area contributed by atoms with E-state index in [0.29, 0.717) is 24.3 Å². The number of nitrogens with one attached hydrogen (secondary N) is 2. The fraction of sp³-hybridized carbons (Fsp3) is 0.476. The van der Waals surface area contributed by atoms with Gasteiger partial charge in [0.15, 0.2) is 0 Å². The molecule has 3 aliphatic rings. The van der Waals surface area contributed by atoms with E-state index in [-0.39, 0.29) is 22.8 Å². The Balaban J connectivity index is 1.42. The molecule has 10 heteroatoms. The molecule has 31 heavy (non-hydrogen) atoms. The van der Waals surface area contributed by atoms with E-state index >= 15 is 0 Å². The van der Waals surface area contributed by atoms with Crippen LogP contribution in [0.1, 0.15) is 48.7 Å². The van der Waals surface area contributed by atoms with Gasteiger partial charge in [-0.25, -0.2) is 18.1 Å². The smallest absolute Gasteiger partial charge is 0.240 e. The number of hydrogen-bond acceptors (Lipinski definition) is 7. The summed E-state index contributed by atoms with van der Waals surface area (Å²) in [6, 6.07) is 5.13. The van der Waals surface area contributed by atoms with Crippen molar-refractivity contribution in [3.05, 3.63) is 36.0 Å². The van der Waals surface area contributed by atoms with E-state index in [4.69, 9.17) is 4.11 Å². The lowest BCUT2D eigenvalue weighted by molar-refractivity contribution is -0.121. The first kappa shape index (κ1) is 17.0. The number of aromatic nitrogens is 2.